The summed E-state index contributed by atoms with van der Waals surface area (Å²) in [7, 11) is 1.43. The van der Waals surface area contributed by atoms with Gasteiger partial charge in [-0.15, -0.1) is 0 Å². The summed E-state index contributed by atoms with van der Waals surface area (Å²) in [6.07, 6.45) is -0.638. The number of carbonyl (C=O) groups is 3. The molecule has 0 bridgehead atoms. The van der Waals surface area contributed by atoms with Gasteiger partial charge in [-0.25, -0.2) is 4.79 Å². The number of benzene rings is 3. The maximum atomic E-state index is 12.9. The highest BCUT2D eigenvalue weighted by Crippen LogP contribution is 2.44. The maximum absolute atomic E-state index is 12.9. The van der Waals surface area contributed by atoms with Gasteiger partial charge in [0.05, 0.1) is 12.0 Å². The van der Waals surface area contributed by atoms with Crippen LogP contribution >= 0.6 is 0 Å². The van der Waals surface area contributed by atoms with Crippen LogP contribution < -0.4 is 5.32 Å². The summed E-state index contributed by atoms with van der Waals surface area (Å²) in [5, 5.41) is 11.9. The number of alkyl carbamates (subject to hydrolysis) is 1. The van der Waals surface area contributed by atoms with Crippen LogP contribution in [0.25, 0.3) is 11.1 Å². The first-order valence-corrected chi connectivity index (χ1v) is 11.5. The van der Waals surface area contributed by atoms with Crippen LogP contribution in [0.1, 0.15) is 35.6 Å². The minimum Gasteiger partial charge on any atom is -0.480 e. The minimum absolute atomic E-state index is 0.0796. The molecule has 0 saturated carbocycles. The maximum Gasteiger partial charge on any atom is 0.407 e. The fourth-order valence-corrected chi connectivity index (χ4v) is 4.70. The van der Waals surface area contributed by atoms with Gasteiger partial charge in [0.15, 0.2) is 0 Å². The molecule has 0 saturated heterocycles. The topological polar surface area (TPSA) is 95.9 Å². The molecule has 180 valence electrons. The third kappa shape index (κ3) is 5.19. The number of hydrogen-bond acceptors (Lipinski definition) is 4. The van der Waals surface area contributed by atoms with Crippen LogP contribution in [0.3, 0.4) is 0 Å². The Kier molecular flexibility index (Phi) is 7.15. The Balaban J connectivity index is 1.49. The standard InChI is InChI=1S/C28H28N2O5/c1-18(27(33)30(2)16-25(31)32)26(19-10-4-3-5-11-19)29-28(34)35-17-24-22-14-8-6-12-20(22)21-13-7-9-15-23(21)24/h3-15,18,24,26H,16-17H2,1-2H3,(H,29,34)(H,31,32). The van der Waals surface area contributed by atoms with Crippen LogP contribution in [-0.2, 0) is 14.3 Å². The lowest BCUT2D eigenvalue weighted by Crippen LogP contribution is -2.42. The number of rotatable bonds is 8. The molecule has 0 heterocycles. The number of ether oxygens (including phenoxy) is 1. The highest BCUT2D eigenvalue weighted by atomic mass is 16.5. The van der Waals surface area contributed by atoms with Crippen LogP contribution in [0, 0.1) is 5.92 Å². The van der Waals surface area contributed by atoms with E-state index in [4.69, 9.17) is 9.84 Å². The van der Waals surface area contributed by atoms with Gasteiger partial charge in [-0.05, 0) is 27.8 Å². The van der Waals surface area contributed by atoms with E-state index >= 15 is 0 Å². The Hall–Kier alpha value is -4.13. The van der Waals surface area contributed by atoms with E-state index in [1.807, 2.05) is 66.7 Å². The summed E-state index contributed by atoms with van der Waals surface area (Å²) in [5.74, 6) is -2.28. The third-order valence-corrected chi connectivity index (χ3v) is 6.41. The molecule has 3 aromatic carbocycles. The second-order valence-electron chi connectivity index (χ2n) is 8.73. The normalized spacial score (nSPS) is 13.8. The lowest BCUT2D eigenvalue weighted by atomic mass is 9.93. The van der Waals surface area contributed by atoms with Gasteiger partial charge in [-0.2, -0.15) is 0 Å². The molecular weight excluding hydrogens is 444 g/mol. The Labute approximate surface area is 204 Å². The van der Waals surface area contributed by atoms with Crippen LogP contribution in [0.4, 0.5) is 4.79 Å². The average Bonchev–Trinajstić information content (AvgIpc) is 3.19. The molecule has 2 unspecified atom stereocenters. The van der Waals surface area contributed by atoms with Crippen molar-refractivity contribution < 1.29 is 24.2 Å². The molecule has 2 amide bonds. The predicted octanol–water partition coefficient (Wildman–Crippen LogP) is 4.45. The Morgan fingerprint density at radius 1 is 0.914 bits per heavy atom. The zero-order valence-corrected chi connectivity index (χ0v) is 19.7. The quantitative estimate of drug-likeness (QED) is 0.505. The van der Waals surface area contributed by atoms with Gasteiger partial charge in [-0.1, -0.05) is 85.8 Å². The number of nitrogens with one attached hydrogen (secondary N) is 1. The van der Waals surface area contributed by atoms with Gasteiger partial charge >= 0.3 is 12.1 Å². The van der Waals surface area contributed by atoms with E-state index in [2.05, 4.69) is 17.4 Å². The van der Waals surface area contributed by atoms with Crippen LogP contribution in [0.15, 0.2) is 78.9 Å². The van der Waals surface area contributed by atoms with E-state index in [1.165, 1.54) is 7.05 Å². The van der Waals surface area contributed by atoms with Gasteiger partial charge in [0.2, 0.25) is 5.91 Å². The SMILES string of the molecule is CC(C(=O)N(C)CC(=O)O)C(NC(=O)OCC1c2ccccc2-c2ccccc21)c1ccccc1. The number of carboxylic acid groups (broad SMARTS) is 1. The van der Waals surface area contributed by atoms with E-state index in [-0.39, 0.29) is 18.4 Å². The van der Waals surface area contributed by atoms with Crippen molar-refractivity contribution in [2.24, 2.45) is 5.92 Å². The predicted molar refractivity (Wildman–Crippen MR) is 132 cm³/mol. The highest BCUT2D eigenvalue weighted by Gasteiger charge is 2.32. The van der Waals surface area contributed by atoms with Gasteiger partial charge in [-0.3, -0.25) is 9.59 Å². The number of hydrogen-bond donors (Lipinski definition) is 2. The van der Waals surface area contributed by atoms with Gasteiger partial charge in [0.25, 0.3) is 0 Å². The first kappa shape index (κ1) is 24.0. The van der Waals surface area contributed by atoms with Crippen molar-refractivity contribution in [2.75, 3.05) is 20.2 Å². The average molecular weight is 473 g/mol. The first-order valence-electron chi connectivity index (χ1n) is 11.5. The van der Waals surface area contributed by atoms with Gasteiger partial charge in [0, 0.05) is 13.0 Å². The van der Waals surface area contributed by atoms with Crippen molar-refractivity contribution in [2.45, 2.75) is 18.9 Å². The van der Waals surface area contributed by atoms with Crippen molar-refractivity contribution in [3.63, 3.8) is 0 Å². The first-order chi connectivity index (χ1) is 16.9. The van der Waals surface area contributed by atoms with E-state index in [0.717, 1.165) is 32.7 Å². The van der Waals surface area contributed by atoms with Crippen molar-refractivity contribution in [1.82, 2.24) is 10.2 Å². The summed E-state index contributed by atoms with van der Waals surface area (Å²) in [6, 6.07) is 24.6. The molecule has 1 aliphatic rings. The van der Waals surface area contributed by atoms with Crippen LogP contribution in [0.2, 0.25) is 0 Å². The second-order valence-corrected chi connectivity index (χ2v) is 8.73. The largest absolute Gasteiger partial charge is 0.480 e. The van der Waals surface area contributed by atoms with E-state index in [1.54, 1.807) is 6.92 Å². The van der Waals surface area contributed by atoms with E-state index < -0.39 is 30.6 Å². The van der Waals surface area contributed by atoms with Gasteiger partial charge < -0.3 is 20.1 Å². The fourth-order valence-electron chi connectivity index (χ4n) is 4.70. The number of fused-ring (bicyclic) bond motifs is 3. The molecule has 3 aromatic rings. The summed E-state index contributed by atoms with van der Waals surface area (Å²) in [5.41, 5.74) is 5.23. The molecule has 35 heavy (non-hydrogen) atoms. The van der Waals surface area contributed by atoms with Crippen molar-refractivity contribution in [3.05, 3.63) is 95.6 Å². The van der Waals surface area contributed by atoms with Crippen molar-refractivity contribution in [1.29, 1.82) is 0 Å². The number of aliphatic carboxylic acids is 1. The molecule has 7 nitrogen and oxygen atoms in total. The summed E-state index contributed by atoms with van der Waals surface area (Å²) < 4.78 is 5.68. The molecule has 7 heteroatoms. The molecule has 1 aliphatic carbocycles. The Morgan fingerprint density at radius 3 is 2.03 bits per heavy atom. The monoisotopic (exact) mass is 472 g/mol. The van der Waals surface area contributed by atoms with E-state index in [9.17, 15) is 14.4 Å². The van der Waals surface area contributed by atoms with Crippen LogP contribution in [0.5, 0.6) is 0 Å². The molecule has 0 radical (unpaired) electrons. The number of nitrogens with zero attached hydrogens (tertiary/aromatic N) is 1. The fraction of sp³-hybridized carbons (Fsp3) is 0.250. The summed E-state index contributed by atoms with van der Waals surface area (Å²) in [4.78, 5) is 38.0. The number of carboxylic acids is 1. The van der Waals surface area contributed by atoms with E-state index in [0.29, 0.717) is 0 Å². The zero-order valence-electron chi connectivity index (χ0n) is 19.7. The molecule has 0 aliphatic heterocycles. The van der Waals surface area contributed by atoms with Crippen molar-refractivity contribution >= 4 is 18.0 Å². The van der Waals surface area contributed by atoms with Crippen LogP contribution in [-0.4, -0.2) is 48.2 Å². The highest BCUT2D eigenvalue weighted by molar-refractivity contribution is 5.84. The molecular formula is C28H28N2O5. The Morgan fingerprint density at radius 2 is 1.46 bits per heavy atom. The number of amides is 2. The molecule has 0 fully saturated rings. The molecule has 0 spiro atoms. The minimum atomic E-state index is -1.10. The molecule has 2 atom stereocenters. The molecule has 2 N–H and O–H groups in total. The lowest BCUT2D eigenvalue weighted by molar-refractivity contribution is -0.145. The summed E-state index contributed by atoms with van der Waals surface area (Å²) >= 11 is 0. The van der Waals surface area contributed by atoms with Gasteiger partial charge in [0.1, 0.15) is 13.2 Å². The summed E-state index contributed by atoms with van der Waals surface area (Å²) in [6.45, 7) is 1.40. The molecule has 0 aromatic heterocycles. The number of carbonyl (C=O) groups excluding carboxylic acids is 2. The second kappa shape index (κ2) is 10.4. The lowest BCUT2D eigenvalue weighted by Gasteiger charge is -2.28. The van der Waals surface area contributed by atoms with Crippen molar-refractivity contribution in [3.8, 4) is 11.1 Å². The number of likely N-dealkylation sites (N-methyl/N-ethyl adjacent to an activating group) is 1. The third-order valence-electron chi connectivity index (χ3n) is 6.41. The Bertz CT molecular complexity index is 1180. The zero-order chi connectivity index (χ0) is 24.9. The smallest absolute Gasteiger partial charge is 0.407 e. The molecule has 4 rings (SSSR count).